The summed E-state index contributed by atoms with van der Waals surface area (Å²) in [7, 11) is 1.32. The van der Waals surface area contributed by atoms with Gasteiger partial charge in [-0.3, -0.25) is 19.4 Å². The zero-order chi connectivity index (χ0) is 14.7. The first-order valence-electron chi connectivity index (χ1n) is 6.44. The van der Waals surface area contributed by atoms with E-state index >= 15 is 0 Å². The quantitative estimate of drug-likeness (QED) is 0.591. The predicted molar refractivity (Wildman–Crippen MR) is 72.4 cm³/mol. The fourth-order valence-electron chi connectivity index (χ4n) is 2.04. The molecule has 1 aromatic rings. The van der Waals surface area contributed by atoms with Crippen LogP contribution in [0.3, 0.4) is 0 Å². The molecule has 1 aliphatic rings. The largest absolute Gasteiger partial charge is 0.335 e. The van der Waals surface area contributed by atoms with Crippen molar-refractivity contribution in [3.05, 3.63) is 35.9 Å². The van der Waals surface area contributed by atoms with Gasteiger partial charge in [-0.2, -0.15) is 0 Å². The average Bonchev–Trinajstić information content (AvgIpc) is 2.65. The molecule has 1 saturated heterocycles. The number of benzene rings is 1. The molecule has 0 spiro atoms. The number of carbonyl (C=O) groups excluding carboxylic acids is 3. The average molecular weight is 275 g/mol. The molecule has 0 atom stereocenters. The molecule has 20 heavy (non-hydrogen) atoms. The molecule has 0 bridgehead atoms. The van der Waals surface area contributed by atoms with Gasteiger partial charge in [0.25, 0.3) is 0 Å². The van der Waals surface area contributed by atoms with E-state index in [1.54, 1.807) is 0 Å². The predicted octanol–water partition coefficient (Wildman–Crippen LogP) is 0.887. The Hall–Kier alpha value is -2.21. The lowest BCUT2D eigenvalue weighted by atomic mass is 10.2. The van der Waals surface area contributed by atoms with E-state index in [9.17, 15) is 14.4 Å². The molecule has 0 aromatic heterocycles. The van der Waals surface area contributed by atoms with Crippen molar-refractivity contribution in [1.29, 1.82) is 0 Å². The van der Waals surface area contributed by atoms with Gasteiger partial charge in [-0.1, -0.05) is 37.3 Å². The fraction of sp³-hybridized carbons (Fsp3) is 0.357. The van der Waals surface area contributed by atoms with Crippen LogP contribution in [0.2, 0.25) is 0 Å². The Balaban J connectivity index is 2.05. The summed E-state index contributed by atoms with van der Waals surface area (Å²) in [6.07, 6.45) is 0. The Morgan fingerprint density at radius 2 is 1.70 bits per heavy atom. The van der Waals surface area contributed by atoms with Gasteiger partial charge in [0.2, 0.25) is 0 Å². The lowest BCUT2D eigenvalue weighted by Gasteiger charge is -2.24. The number of imide groups is 2. The van der Waals surface area contributed by atoms with Crippen LogP contribution in [-0.4, -0.2) is 52.8 Å². The molecular formula is C14H17N3O3. The van der Waals surface area contributed by atoms with Crippen molar-refractivity contribution >= 4 is 17.8 Å². The van der Waals surface area contributed by atoms with Crippen molar-refractivity contribution in [2.45, 2.75) is 13.5 Å². The summed E-state index contributed by atoms with van der Waals surface area (Å²) in [5.41, 5.74) is 1.09. The van der Waals surface area contributed by atoms with Crippen molar-refractivity contribution in [3.63, 3.8) is 0 Å². The molecule has 1 heterocycles. The maximum atomic E-state index is 11.8. The zero-order valence-corrected chi connectivity index (χ0v) is 11.6. The smallest absolute Gasteiger partial charge is 0.281 e. The van der Waals surface area contributed by atoms with E-state index in [-0.39, 0.29) is 6.67 Å². The second-order valence-electron chi connectivity index (χ2n) is 4.65. The molecule has 0 N–H and O–H groups in total. The maximum absolute atomic E-state index is 11.8. The third-order valence-electron chi connectivity index (χ3n) is 3.29. The number of urea groups is 1. The number of hydrogen-bond acceptors (Lipinski definition) is 4. The van der Waals surface area contributed by atoms with Crippen LogP contribution >= 0.6 is 0 Å². The minimum absolute atomic E-state index is 0.124. The highest BCUT2D eigenvalue weighted by atomic mass is 16.2. The van der Waals surface area contributed by atoms with Gasteiger partial charge in [-0.05, 0) is 12.1 Å². The van der Waals surface area contributed by atoms with Crippen LogP contribution in [-0.2, 0) is 16.1 Å². The molecule has 0 radical (unpaired) electrons. The molecule has 6 heteroatoms. The summed E-state index contributed by atoms with van der Waals surface area (Å²) in [6.45, 7) is 3.36. The summed E-state index contributed by atoms with van der Waals surface area (Å²) in [5.74, 6) is -1.53. The van der Waals surface area contributed by atoms with Crippen molar-refractivity contribution in [2.75, 3.05) is 20.3 Å². The molecule has 1 fully saturated rings. The second-order valence-corrected chi connectivity index (χ2v) is 4.65. The molecular weight excluding hydrogens is 258 g/mol. The van der Waals surface area contributed by atoms with E-state index in [1.165, 1.54) is 7.05 Å². The van der Waals surface area contributed by atoms with Crippen LogP contribution in [0.4, 0.5) is 4.79 Å². The van der Waals surface area contributed by atoms with Crippen molar-refractivity contribution < 1.29 is 14.4 Å². The van der Waals surface area contributed by atoms with Gasteiger partial charge >= 0.3 is 17.8 Å². The van der Waals surface area contributed by atoms with Crippen LogP contribution in [0, 0.1) is 0 Å². The Labute approximate surface area is 117 Å². The highest BCUT2D eigenvalue weighted by Crippen LogP contribution is 2.12. The minimum Gasteiger partial charge on any atom is -0.281 e. The second kappa shape index (κ2) is 5.83. The summed E-state index contributed by atoms with van der Waals surface area (Å²) < 4.78 is 0. The Kier molecular flexibility index (Phi) is 4.14. The minimum atomic E-state index is -0.772. The first kappa shape index (κ1) is 14.2. The normalized spacial score (nSPS) is 15.7. The van der Waals surface area contributed by atoms with E-state index in [1.807, 2.05) is 42.2 Å². The van der Waals surface area contributed by atoms with E-state index in [0.717, 1.165) is 15.4 Å². The molecule has 1 aromatic carbocycles. The molecule has 4 amide bonds. The van der Waals surface area contributed by atoms with E-state index in [0.29, 0.717) is 13.1 Å². The Morgan fingerprint density at radius 1 is 1.05 bits per heavy atom. The molecule has 0 saturated carbocycles. The van der Waals surface area contributed by atoms with Gasteiger partial charge in [-0.15, -0.1) is 0 Å². The lowest BCUT2D eigenvalue weighted by Crippen LogP contribution is -2.41. The molecule has 106 valence electrons. The van der Waals surface area contributed by atoms with Crippen LogP contribution in [0.25, 0.3) is 0 Å². The van der Waals surface area contributed by atoms with Crippen molar-refractivity contribution in [3.8, 4) is 0 Å². The molecule has 1 aliphatic heterocycles. The van der Waals surface area contributed by atoms with Crippen LogP contribution < -0.4 is 0 Å². The number of hydrogen-bond donors (Lipinski definition) is 0. The third kappa shape index (κ3) is 2.70. The standard InChI is InChI=1S/C14H17N3O3/c1-3-16(9-11-7-5-4-6-8-11)10-17-13(19)12(18)15(2)14(17)20/h4-8H,3,9-10H2,1-2H3. The van der Waals surface area contributed by atoms with Gasteiger partial charge in [0.15, 0.2) is 0 Å². The third-order valence-corrected chi connectivity index (χ3v) is 3.29. The monoisotopic (exact) mass is 275 g/mol. The van der Waals surface area contributed by atoms with Crippen molar-refractivity contribution in [2.24, 2.45) is 0 Å². The summed E-state index contributed by atoms with van der Waals surface area (Å²) in [5, 5.41) is 0. The molecule has 0 unspecified atom stereocenters. The molecule has 2 rings (SSSR count). The van der Waals surface area contributed by atoms with Gasteiger partial charge < -0.3 is 0 Å². The maximum Gasteiger partial charge on any atom is 0.335 e. The summed E-state index contributed by atoms with van der Waals surface area (Å²) in [6, 6.07) is 9.20. The van der Waals surface area contributed by atoms with Gasteiger partial charge in [0.05, 0.1) is 6.67 Å². The molecule has 0 aliphatic carbocycles. The SMILES string of the molecule is CCN(Cc1ccccc1)CN1C(=O)C(=O)N(C)C1=O. The molecule has 6 nitrogen and oxygen atoms in total. The Bertz CT molecular complexity index is 530. The van der Waals surface area contributed by atoms with Crippen molar-refractivity contribution in [1.82, 2.24) is 14.7 Å². The first-order valence-corrected chi connectivity index (χ1v) is 6.44. The number of rotatable bonds is 5. The van der Waals surface area contributed by atoms with E-state index < -0.39 is 17.8 Å². The topological polar surface area (TPSA) is 60.9 Å². The number of likely N-dealkylation sites (N-methyl/N-ethyl adjacent to an activating group) is 1. The Morgan fingerprint density at radius 3 is 2.20 bits per heavy atom. The highest BCUT2D eigenvalue weighted by Gasteiger charge is 2.42. The number of nitrogens with zero attached hydrogens (tertiary/aromatic N) is 3. The van der Waals surface area contributed by atoms with E-state index in [2.05, 4.69) is 0 Å². The summed E-state index contributed by atoms with van der Waals surface area (Å²) in [4.78, 5) is 38.7. The van der Waals surface area contributed by atoms with Crippen LogP contribution in [0.5, 0.6) is 0 Å². The van der Waals surface area contributed by atoms with Gasteiger partial charge in [0, 0.05) is 13.6 Å². The highest BCUT2D eigenvalue weighted by molar-refractivity contribution is 6.44. The van der Waals surface area contributed by atoms with Gasteiger partial charge in [0.1, 0.15) is 0 Å². The fourth-order valence-corrected chi connectivity index (χ4v) is 2.04. The van der Waals surface area contributed by atoms with Crippen LogP contribution in [0.1, 0.15) is 12.5 Å². The summed E-state index contributed by atoms with van der Waals surface area (Å²) >= 11 is 0. The van der Waals surface area contributed by atoms with Gasteiger partial charge in [-0.25, -0.2) is 9.69 Å². The van der Waals surface area contributed by atoms with Crippen LogP contribution in [0.15, 0.2) is 30.3 Å². The zero-order valence-electron chi connectivity index (χ0n) is 11.6. The lowest BCUT2D eigenvalue weighted by molar-refractivity contribution is -0.143. The first-order chi connectivity index (χ1) is 9.54. The number of carbonyl (C=O) groups is 3. The number of amides is 4. The van der Waals surface area contributed by atoms with E-state index in [4.69, 9.17) is 0 Å².